The molecule has 0 radical (unpaired) electrons. The Bertz CT molecular complexity index is 675. The maximum absolute atomic E-state index is 12.6. The van der Waals surface area contributed by atoms with Gasteiger partial charge in [0.1, 0.15) is 0 Å². The van der Waals surface area contributed by atoms with Crippen LogP contribution in [0.2, 0.25) is 0 Å². The second-order valence-corrected chi connectivity index (χ2v) is 7.21. The van der Waals surface area contributed by atoms with Crippen LogP contribution in [0, 0.1) is 5.92 Å². The summed E-state index contributed by atoms with van der Waals surface area (Å²) in [4.78, 5) is 37.8. The van der Waals surface area contributed by atoms with E-state index in [1.165, 1.54) is 6.92 Å². The van der Waals surface area contributed by atoms with E-state index in [9.17, 15) is 14.4 Å². The number of carbonyl (C=O) groups is 3. The Hall–Kier alpha value is -2.41. The molecule has 146 valence electrons. The van der Waals surface area contributed by atoms with Crippen LogP contribution in [0.4, 0.5) is 5.69 Å². The highest BCUT2D eigenvalue weighted by atomic mass is 16.5. The zero-order chi connectivity index (χ0) is 19.2. The molecule has 0 aliphatic carbocycles. The fourth-order valence-corrected chi connectivity index (χ4v) is 3.59. The molecular weight excluding hydrogens is 346 g/mol. The summed E-state index contributed by atoms with van der Waals surface area (Å²) in [6.45, 7) is 3.96. The standard InChI is InChI=1S/C20H27N3O4/c1-14(24)22-17-6-4-16(5-7-17)20(26)23-10-8-15(9-11-23)19(25)21-13-18-3-2-12-27-18/h4-7,15,18H,2-3,8-13H2,1H3,(H,21,25)(H,22,24)/t18-/m0/s1. The van der Waals surface area contributed by atoms with Gasteiger partial charge in [0.2, 0.25) is 11.8 Å². The molecule has 2 N–H and O–H groups in total. The van der Waals surface area contributed by atoms with Gasteiger partial charge in [-0.3, -0.25) is 14.4 Å². The first-order valence-electron chi connectivity index (χ1n) is 9.59. The Morgan fingerprint density at radius 1 is 1.11 bits per heavy atom. The second-order valence-electron chi connectivity index (χ2n) is 7.21. The van der Waals surface area contributed by atoms with E-state index in [-0.39, 0.29) is 29.7 Å². The van der Waals surface area contributed by atoms with E-state index >= 15 is 0 Å². The third-order valence-corrected chi connectivity index (χ3v) is 5.13. The van der Waals surface area contributed by atoms with E-state index < -0.39 is 0 Å². The summed E-state index contributed by atoms with van der Waals surface area (Å²) in [6, 6.07) is 6.88. The quantitative estimate of drug-likeness (QED) is 0.824. The number of rotatable bonds is 5. The summed E-state index contributed by atoms with van der Waals surface area (Å²) in [5.74, 6) is -0.161. The summed E-state index contributed by atoms with van der Waals surface area (Å²) in [5, 5.41) is 5.67. The summed E-state index contributed by atoms with van der Waals surface area (Å²) < 4.78 is 5.53. The molecule has 7 nitrogen and oxygen atoms in total. The van der Waals surface area contributed by atoms with Gasteiger partial charge in [0.15, 0.2) is 0 Å². The Labute approximate surface area is 159 Å². The molecule has 2 aliphatic heterocycles. The Morgan fingerprint density at radius 2 is 1.81 bits per heavy atom. The molecule has 0 aromatic heterocycles. The number of benzene rings is 1. The molecule has 2 fully saturated rings. The highest BCUT2D eigenvalue weighted by molar-refractivity contribution is 5.95. The summed E-state index contributed by atoms with van der Waals surface area (Å²) in [6.07, 6.45) is 3.57. The lowest BCUT2D eigenvalue weighted by Crippen LogP contribution is -2.44. The number of anilines is 1. The molecule has 2 aliphatic rings. The predicted octanol–water partition coefficient (Wildman–Crippen LogP) is 1.79. The number of carbonyl (C=O) groups excluding carboxylic acids is 3. The van der Waals surface area contributed by atoms with Gasteiger partial charge in [-0.1, -0.05) is 0 Å². The number of hydrogen-bond donors (Lipinski definition) is 2. The maximum atomic E-state index is 12.6. The zero-order valence-electron chi connectivity index (χ0n) is 15.7. The molecule has 7 heteroatoms. The number of amides is 3. The Morgan fingerprint density at radius 3 is 2.41 bits per heavy atom. The molecule has 2 saturated heterocycles. The van der Waals surface area contributed by atoms with Crippen molar-refractivity contribution >= 4 is 23.4 Å². The topological polar surface area (TPSA) is 87.7 Å². The van der Waals surface area contributed by atoms with Crippen LogP contribution in [-0.4, -0.2) is 55.0 Å². The molecular formula is C20H27N3O4. The van der Waals surface area contributed by atoms with Crippen molar-refractivity contribution in [2.45, 2.75) is 38.7 Å². The van der Waals surface area contributed by atoms with E-state index in [1.807, 2.05) is 0 Å². The average molecular weight is 373 g/mol. The lowest BCUT2D eigenvalue weighted by atomic mass is 9.95. The predicted molar refractivity (Wildman–Crippen MR) is 101 cm³/mol. The first kappa shape index (κ1) is 19.4. The third-order valence-electron chi connectivity index (χ3n) is 5.13. The highest BCUT2D eigenvalue weighted by Gasteiger charge is 2.28. The van der Waals surface area contributed by atoms with Crippen molar-refractivity contribution in [2.75, 3.05) is 31.6 Å². The van der Waals surface area contributed by atoms with Gasteiger partial charge >= 0.3 is 0 Å². The molecule has 2 heterocycles. The highest BCUT2D eigenvalue weighted by Crippen LogP contribution is 2.20. The van der Waals surface area contributed by atoms with Crippen molar-refractivity contribution in [3.05, 3.63) is 29.8 Å². The number of ether oxygens (including phenoxy) is 1. The van der Waals surface area contributed by atoms with E-state index in [4.69, 9.17) is 4.74 Å². The van der Waals surface area contributed by atoms with Gasteiger partial charge in [0.05, 0.1) is 6.10 Å². The second kappa shape index (κ2) is 8.99. The minimum atomic E-state index is -0.145. The van der Waals surface area contributed by atoms with Crippen LogP contribution in [0.15, 0.2) is 24.3 Å². The molecule has 3 rings (SSSR count). The molecule has 1 aromatic rings. The van der Waals surface area contributed by atoms with Crippen molar-refractivity contribution in [3.8, 4) is 0 Å². The van der Waals surface area contributed by atoms with E-state index in [1.54, 1.807) is 29.2 Å². The largest absolute Gasteiger partial charge is 0.376 e. The van der Waals surface area contributed by atoms with Crippen LogP contribution in [0.3, 0.4) is 0 Å². The normalized spacial score (nSPS) is 20.3. The van der Waals surface area contributed by atoms with Gasteiger partial charge in [-0.25, -0.2) is 0 Å². The van der Waals surface area contributed by atoms with Crippen LogP contribution in [-0.2, 0) is 14.3 Å². The Balaban J connectivity index is 1.45. The fourth-order valence-electron chi connectivity index (χ4n) is 3.59. The summed E-state index contributed by atoms with van der Waals surface area (Å²) >= 11 is 0. The molecule has 0 saturated carbocycles. The third kappa shape index (κ3) is 5.29. The minimum absolute atomic E-state index is 0.0393. The molecule has 27 heavy (non-hydrogen) atoms. The lowest BCUT2D eigenvalue weighted by Gasteiger charge is -2.31. The van der Waals surface area contributed by atoms with Crippen LogP contribution in [0.5, 0.6) is 0 Å². The molecule has 1 aromatic carbocycles. The van der Waals surface area contributed by atoms with Gasteiger partial charge in [-0.05, 0) is 49.9 Å². The van der Waals surface area contributed by atoms with Crippen LogP contribution < -0.4 is 10.6 Å². The molecule has 1 atom stereocenters. The molecule has 0 bridgehead atoms. The van der Waals surface area contributed by atoms with E-state index in [0.29, 0.717) is 43.7 Å². The van der Waals surface area contributed by atoms with Crippen LogP contribution >= 0.6 is 0 Å². The maximum Gasteiger partial charge on any atom is 0.253 e. The average Bonchev–Trinajstić information content (AvgIpc) is 3.19. The molecule has 0 unspecified atom stereocenters. The monoisotopic (exact) mass is 373 g/mol. The summed E-state index contributed by atoms with van der Waals surface area (Å²) in [5.41, 5.74) is 1.26. The van der Waals surface area contributed by atoms with E-state index in [0.717, 1.165) is 19.4 Å². The van der Waals surface area contributed by atoms with Crippen LogP contribution in [0.1, 0.15) is 43.0 Å². The Kier molecular flexibility index (Phi) is 6.45. The number of piperidine rings is 1. The fraction of sp³-hybridized carbons (Fsp3) is 0.550. The smallest absolute Gasteiger partial charge is 0.253 e. The van der Waals surface area contributed by atoms with Crippen molar-refractivity contribution in [2.24, 2.45) is 5.92 Å². The van der Waals surface area contributed by atoms with E-state index in [2.05, 4.69) is 10.6 Å². The summed E-state index contributed by atoms with van der Waals surface area (Å²) in [7, 11) is 0. The van der Waals surface area contributed by atoms with Crippen molar-refractivity contribution in [1.82, 2.24) is 10.2 Å². The van der Waals surface area contributed by atoms with Gasteiger partial charge in [0.25, 0.3) is 5.91 Å². The zero-order valence-corrected chi connectivity index (χ0v) is 15.7. The van der Waals surface area contributed by atoms with Gasteiger partial charge in [-0.2, -0.15) is 0 Å². The van der Waals surface area contributed by atoms with Gasteiger partial charge in [0, 0.05) is 50.3 Å². The SMILES string of the molecule is CC(=O)Nc1ccc(C(=O)N2CCC(C(=O)NC[C@@H]3CCCO3)CC2)cc1. The minimum Gasteiger partial charge on any atom is -0.376 e. The first-order valence-corrected chi connectivity index (χ1v) is 9.59. The number of hydrogen-bond acceptors (Lipinski definition) is 4. The van der Waals surface area contributed by atoms with Crippen molar-refractivity contribution in [1.29, 1.82) is 0 Å². The number of likely N-dealkylation sites (tertiary alicyclic amines) is 1. The van der Waals surface area contributed by atoms with Crippen molar-refractivity contribution in [3.63, 3.8) is 0 Å². The molecule has 3 amide bonds. The number of nitrogens with one attached hydrogen (secondary N) is 2. The van der Waals surface area contributed by atoms with Crippen molar-refractivity contribution < 1.29 is 19.1 Å². The first-order chi connectivity index (χ1) is 13.0. The lowest BCUT2D eigenvalue weighted by molar-refractivity contribution is -0.126. The van der Waals surface area contributed by atoms with Gasteiger partial charge < -0.3 is 20.3 Å². The van der Waals surface area contributed by atoms with Gasteiger partial charge in [-0.15, -0.1) is 0 Å². The molecule has 0 spiro atoms. The van der Waals surface area contributed by atoms with Crippen LogP contribution in [0.25, 0.3) is 0 Å². The number of nitrogens with zero attached hydrogens (tertiary/aromatic N) is 1.